The Morgan fingerprint density at radius 3 is 2.77 bits per heavy atom. The fourth-order valence-electron chi connectivity index (χ4n) is 1.53. The first kappa shape index (κ1) is 9.96. The molecule has 1 aromatic rings. The molecule has 0 aliphatic heterocycles. The largest absolute Gasteiger partial charge is 0.325 e. The van der Waals surface area contributed by atoms with Crippen molar-refractivity contribution in [3.63, 3.8) is 0 Å². The van der Waals surface area contributed by atoms with Crippen LogP contribution in [0.5, 0.6) is 0 Å². The minimum absolute atomic E-state index is 0.0208. The minimum atomic E-state index is -0.0208. The Morgan fingerprint density at radius 2 is 2.38 bits per heavy atom. The summed E-state index contributed by atoms with van der Waals surface area (Å²) in [5, 5.41) is 0. The smallest absolute Gasteiger partial charge is 0.152 e. The Kier molecular flexibility index (Phi) is 3.23. The second-order valence-corrected chi connectivity index (χ2v) is 3.30. The van der Waals surface area contributed by atoms with Gasteiger partial charge in [-0.2, -0.15) is 0 Å². The van der Waals surface area contributed by atoms with Crippen LogP contribution in [-0.2, 0) is 4.79 Å². The molecule has 0 amide bonds. The summed E-state index contributed by atoms with van der Waals surface area (Å²) in [5.41, 5.74) is 0. The highest BCUT2D eigenvalue weighted by atomic mass is 16.1. The quantitative estimate of drug-likeness (QED) is 0.711. The summed E-state index contributed by atoms with van der Waals surface area (Å²) in [4.78, 5) is 15.4. The minimum Gasteiger partial charge on any atom is -0.325 e. The van der Waals surface area contributed by atoms with Crippen LogP contribution >= 0.6 is 0 Å². The van der Waals surface area contributed by atoms with Crippen LogP contribution in [0.15, 0.2) is 12.4 Å². The molecule has 13 heavy (non-hydrogen) atoms. The van der Waals surface area contributed by atoms with E-state index in [0.29, 0.717) is 0 Å². The van der Waals surface area contributed by atoms with Gasteiger partial charge >= 0.3 is 0 Å². The molecule has 0 aliphatic carbocycles. The molecule has 0 saturated heterocycles. The third-order valence-electron chi connectivity index (χ3n) is 2.23. The average Bonchev–Trinajstić information content (AvgIpc) is 2.47. The molecule has 0 spiro atoms. The van der Waals surface area contributed by atoms with Crippen molar-refractivity contribution in [2.75, 3.05) is 0 Å². The number of hydrogen-bond donors (Lipinski definition) is 0. The number of nitrogens with zero attached hydrogens (tertiary/aromatic N) is 2. The fourth-order valence-corrected chi connectivity index (χ4v) is 1.53. The van der Waals surface area contributed by atoms with Gasteiger partial charge in [-0.3, -0.25) is 4.79 Å². The molecule has 0 radical (unpaired) electrons. The van der Waals surface area contributed by atoms with E-state index in [9.17, 15) is 4.79 Å². The summed E-state index contributed by atoms with van der Waals surface area (Å²) in [6, 6.07) is -0.0208. The number of aryl methyl sites for hydroxylation is 1. The summed E-state index contributed by atoms with van der Waals surface area (Å²) in [7, 11) is 0. The highest BCUT2D eigenvalue weighted by Crippen LogP contribution is 2.16. The third kappa shape index (κ3) is 2.17. The van der Waals surface area contributed by atoms with Crippen LogP contribution < -0.4 is 0 Å². The van der Waals surface area contributed by atoms with E-state index < -0.39 is 0 Å². The van der Waals surface area contributed by atoms with Gasteiger partial charge in [-0.25, -0.2) is 4.98 Å². The van der Waals surface area contributed by atoms with Gasteiger partial charge in [0.05, 0.1) is 6.04 Å². The molecule has 3 heteroatoms. The molecule has 0 bridgehead atoms. The van der Waals surface area contributed by atoms with E-state index in [-0.39, 0.29) is 11.8 Å². The molecule has 1 aromatic heterocycles. The summed E-state index contributed by atoms with van der Waals surface area (Å²) >= 11 is 0. The number of hydrogen-bond acceptors (Lipinski definition) is 2. The maximum atomic E-state index is 11.3. The number of carbonyl (C=O) groups excluding carboxylic acids is 1. The predicted octanol–water partition coefficient (Wildman–Crippen LogP) is 2.12. The van der Waals surface area contributed by atoms with Crippen molar-refractivity contribution in [3.8, 4) is 0 Å². The highest BCUT2D eigenvalue weighted by Gasteiger charge is 2.15. The first-order valence-corrected chi connectivity index (χ1v) is 4.66. The Morgan fingerprint density at radius 1 is 1.69 bits per heavy atom. The molecule has 3 nitrogen and oxygen atoms in total. The van der Waals surface area contributed by atoms with Gasteiger partial charge in [0, 0.05) is 12.4 Å². The number of carbonyl (C=O) groups is 1. The molecule has 1 rings (SSSR count). The first-order chi connectivity index (χ1) is 6.16. The van der Waals surface area contributed by atoms with Crippen LogP contribution in [-0.4, -0.2) is 15.3 Å². The van der Waals surface area contributed by atoms with Gasteiger partial charge in [-0.05, 0) is 20.3 Å². The highest BCUT2D eigenvalue weighted by molar-refractivity contribution is 5.79. The molecule has 0 aromatic carbocycles. The molecule has 0 saturated carbocycles. The van der Waals surface area contributed by atoms with E-state index in [1.54, 1.807) is 13.1 Å². The zero-order valence-corrected chi connectivity index (χ0v) is 8.45. The Hall–Kier alpha value is -1.12. The Balaban J connectivity index is 2.88. The van der Waals surface area contributed by atoms with Gasteiger partial charge in [-0.15, -0.1) is 0 Å². The fraction of sp³-hybridized carbons (Fsp3) is 0.600. The monoisotopic (exact) mass is 180 g/mol. The van der Waals surface area contributed by atoms with Crippen molar-refractivity contribution in [3.05, 3.63) is 18.2 Å². The van der Waals surface area contributed by atoms with Crippen molar-refractivity contribution >= 4 is 5.78 Å². The molecule has 0 N–H and O–H groups in total. The maximum Gasteiger partial charge on any atom is 0.152 e. The Labute approximate surface area is 78.8 Å². The van der Waals surface area contributed by atoms with E-state index in [1.807, 2.05) is 17.7 Å². The molecule has 1 atom stereocenters. The van der Waals surface area contributed by atoms with Crippen LogP contribution in [0, 0.1) is 6.92 Å². The van der Waals surface area contributed by atoms with Crippen molar-refractivity contribution in [2.24, 2.45) is 0 Å². The van der Waals surface area contributed by atoms with Gasteiger partial charge in [0.25, 0.3) is 0 Å². The third-order valence-corrected chi connectivity index (χ3v) is 2.23. The van der Waals surface area contributed by atoms with Crippen molar-refractivity contribution in [1.82, 2.24) is 9.55 Å². The second kappa shape index (κ2) is 4.21. The number of rotatable bonds is 4. The van der Waals surface area contributed by atoms with Crippen molar-refractivity contribution in [2.45, 2.75) is 39.7 Å². The van der Waals surface area contributed by atoms with Gasteiger partial charge in [0.2, 0.25) is 0 Å². The first-order valence-electron chi connectivity index (χ1n) is 4.66. The van der Waals surface area contributed by atoms with Crippen LogP contribution in [0.4, 0.5) is 0 Å². The van der Waals surface area contributed by atoms with E-state index >= 15 is 0 Å². The lowest BCUT2D eigenvalue weighted by Gasteiger charge is -2.15. The van der Waals surface area contributed by atoms with E-state index in [4.69, 9.17) is 0 Å². The standard InChI is InChI=1S/C10H16N2O/c1-4-5-10(8(2)13)12-7-6-11-9(12)3/h6-7,10H,4-5H2,1-3H3. The molecular weight excluding hydrogens is 164 g/mol. The lowest BCUT2D eigenvalue weighted by atomic mass is 10.1. The van der Waals surface area contributed by atoms with Crippen LogP contribution in [0.25, 0.3) is 0 Å². The lowest BCUT2D eigenvalue weighted by molar-refractivity contribution is -0.120. The van der Waals surface area contributed by atoms with Crippen LogP contribution in [0.2, 0.25) is 0 Å². The predicted molar refractivity (Wildman–Crippen MR) is 51.6 cm³/mol. The van der Waals surface area contributed by atoms with Gasteiger partial charge < -0.3 is 4.57 Å². The van der Waals surface area contributed by atoms with Crippen LogP contribution in [0.1, 0.15) is 38.6 Å². The maximum absolute atomic E-state index is 11.3. The molecule has 0 aliphatic rings. The van der Waals surface area contributed by atoms with Gasteiger partial charge in [0.15, 0.2) is 5.78 Å². The normalized spacial score (nSPS) is 12.8. The SMILES string of the molecule is CCCC(C(C)=O)n1ccnc1C. The number of Topliss-reactive ketones (excluding diaryl/α,β-unsaturated/α-hetero) is 1. The number of aromatic nitrogens is 2. The number of ketones is 1. The Bertz CT molecular complexity index is 291. The molecule has 72 valence electrons. The number of imidazole rings is 1. The molecule has 0 fully saturated rings. The molecule has 1 unspecified atom stereocenters. The zero-order chi connectivity index (χ0) is 9.84. The average molecular weight is 180 g/mol. The van der Waals surface area contributed by atoms with E-state index in [1.165, 1.54) is 0 Å². The summed E-state index contributed by atoms with van der Waals surface area (Å²) in [6.45, 7) is 5.65. The topological polar surface area (TPSA) is 34.9 Å². The van der Waals surface area contributed by atoms with Gasteiger partial charge in [0.1, 0.15) is 5.82 Å². The van der Waals surface area contributed by atoms with E-state index in [2.05, 4.69) is 11.9 Å². The van der Waals surface area contributed by atoms with Gasteiger partial charge in [-0.1, -0.05) is 13.3 Å². The second-order valence-electron chi connectivity index (χ2n) is 3.30. The summed E-state index contributed by atoms with van der Waals surface area (Å²) in [6.07, 6.45) is 5.52. The van der Waals surface area contributed by atoms with Crippen molar-refractivity contribution < 1.29 is 4.79 Å². The summed E-state index contributed by atoms with van der Waals surface area (Å²) < 4.78 is 1.95. The zero-order valence-electron chi connectivity index (χ0n) is 8.45. The van der Waals surface area contributed by atoms with E-state index in [0.717, 1.165) is 18.7 Å². The van der Waals surface area contributed by atoms with Crippen molar-refractivity contribution in [1.29, 1.82) is 0 Å². The molecule has 1 heterocycles. The van der Waals surface area contributed by atoms with Crippen LogP contribution in [0.3, 0.4) is 0 Å². The lowest BCUT2D eigenvalue weighted by Crippen LogP contribution is -2.17. The molecular formula is C10H16N2O. The summed E-state index contributed by atoms with van der Waals surface area (Å²) in [5.74, 6) is 1.12.